The van der Waals surface area contributed by atoms with Crippen molar-refractivity contribution in [1.29, 1.82) is 0 Å². The lowest BCUT2D eigenvalue weighted by Crippen LogP contribution is -2.45. The number of unbranched alkanes of at least 4 members (excludes halogenated alkanes) is 1. The zero-order valence-electron chi connectivity index (χ0n) is 18.6. The first-order valence-corrected chi connectivity index (χ1v) is 12.8. The van der Waals surface area contributed by atoms with Crippen LogP contribution in [0, 0.1) is 6.92 Å². The minimum absolute atomic E-state index is 0.0545. The van der Waals surface area contributed by atoms with Gasteiger partial charge in [-0.05, 0) is 56.0 Å². The second-order valence-corrected chi connectivity index (χ2v) is 10.3. The van der Waals surface area contributed by atoms with E-state index in [1.807, 2.05) is 44.2 Å². The zero-order valence-corrected chi connectivity index (χ0v) is 19.4. The van der Waals surface area contributed by atoms with E-state index < -0.39 is 10.0 Å². The number of para-hydroxylation sites is 1. The van der Waals surface area contributed by atoms with E-state index in [1.165, 1.54) is 0 Å². The van der Waals surface area contributed by atoms with Gasteiger partial charge in [0, 0.05) is 24.5 Å². The van der Waals surface area contributed by atoms with Crippen molar-refractivity contribution in [1.82, 2.24) is 14.7 Å². The van der Waals surface area contributed by atoms with Gasteiger partial charge in [-0.3, -0.25) is 0 Å². The molecule has 0 aliphatic carbocycles. The van der Waals surface area contributed by atoms with Crippen molar-refractivity contribution in [3.63, 3.8) is 0 Å². The summed E-state index contributed by atoms with van der Waals surface area (Å²) in [5, 5.41) is 11.3. The first-order valence-electron chi connectivity index (χ1n) is 11.2. The Morgan fingerprint density at radius 1 is 1.12 bits per heavy atom. The Morgan fingerprint density at radius 2 is 1.88 bits per heavy atom. The van der Waals surface area contributed by atoms with Crippen molar-refractivity contribution in [3.8, 4) is 17.1 Å². The number of hydrogen-bond acceptors (Lipinski definition) is 6. The van der Waals surface area contributed by atoms with Crippen LogP contribution in [0.15, 0.2) is 42.5 Å². The van der Waals surface area contributed by atoms with Crippen LogP contribution in [0.4, 0.5) is 5.82 Å². The smallest absolute Gasteiger partial charge is 0.211 e. The van der Waals surface area contributed by atoms with Gasteiger partial charge in [-0.15, -0.1) is 0 Å². The normalized spacial score (nSPS) is 15.4. The number of aromatic hydroxyl groups is 1. The fourth-order valence-electron chi connectivity index (χ4n) is 4.10. The summed E-state index contributed by atoms with van der Waals surface area (Å²) in [5.41, 5.74) is 2.52. The summed E-state index contributed by atoms with van der Waals surface area (Å²) in [6.45, 7) is 5.41. The molecule has 1 fully saturated rings. The molecular formula is C24H30N4O3S. The molecule has 0 unspecified atom stereocenters. The van der Waals surface area contributed by atoms with Crippen LogP contribution in [-0.2, 0) is 10.0 Å². The Bertz CT molecular complexity index is 1210. The number of nitrogens with one attached hydrogen (secondary N) is 1. The van der Waals surface area contributed by atoms with Gasteiger partial charge in [0.15, 0.2) is 5.82 Å². The molecule has 3 aromatic rings. The van der Waals surface area contributed by atoms with E-state index in [0.717, 1.165) is 28.7 Å². The van der Waals surface area contributed by atoms with Crippen LogP contribution >= 0.6 is 0 Å². The third-order valence-corrected chi connectivity index (χ3v) is 7.40. The van der Waals surface area contributed by atoms with E-state index >= 15 is 0 Å². The molecule has 1 saturated heterocycles. The standard InChI is InChI=1S/C24H30N4O3S/c1-3-4-15-32(30,31)27-18-11-13-28(14-12-18)24-19-10-9-17(2)16-21(19)25-23(26-24)20-7-5-6-8-22(20)29/h5-10,16,18,27,29H,3-4,11-15H2,1-2H3. The molecular weight excluding hydrogens is 424 g/mol. The molecule has 0 bridgehead atoms. The Hall–Kier alpha value is -2.71. The predicted molar refractivity (Wildman–Crippen MR) is 128 cm³/mol. The van der Waals surface area contributed by atoms with Crippen LogP contribution in [0.2, 0.25) is 0 Å². The Labute approximate surface area is 189 Å². The van der Waals surface area contributed by atoms with Crippen LogP contribution in [0.25, 0.3) is 22.3 Å². The molecule has 0 radical (unpaired) electrons. The van der Waals surface area contributed by atoms with E-state index in [9.17, 15) is 13.5 Å². The van der Waals surface area contributed by atoms with Gasteiger partial charge in [0.2, 0.25) is 10.0 Å². The molecule has 0 saturated carbocycles. The molecule has 2 aromatic carbocycles. The van der Waals surface area contributed by atoms with Crippen molar-refractivity contribution >= 4 is 26.7 Å². The summed E-state index contributed by atoms with van der Waals surface area (Å²) in [5.74, 6) is 1.63. The number of anilines is 1. The summed E-state index contributed by atoms with van der Waals surface area (Å²) < 4.78 is 27.4. The summed E-state index contributed by atoms with van der Waals surface area (Å²) in [7, 11) is -3.23. The lowest BCUT2D eigenvalue weighted by atomic mass is 10.0. The van der Waals surface area contributed by atoms with Crippen LogP contribution < -0.4 is 9.62 Å². The first kappa shape index (κ1) is 22.5. The Balaban J connectivity index is 1.61. The molecule has 32 heavy (non-hydrogen) atoms. The first-order chi connectivity index (χ1) is 15.4. The molecule has 7 nitrogen and oxygen atoms in total. The van der Waals surface area contributed by atoms with E-state index in [4.69, 9.17) is 9.97 Å². The number of piperidine rings is 1. The topological polar surface area (TPSA) is 95.4 Å². The maximum absolute atomic E-state index is 12.3. The number of nitrogens with zero attached hydrogens (tertiary/aromatic N) is 3. The molecule has 1 aromatic heterocycles. The largest absolute Gasteiger partial charge is 0.507 e. The highest BCUT2D eigenvalue weighted by molar-refractivity contribution is 7.89. The van der Waals surface area contributed by atoms with Crippen molar-refractivity contribution in [2.45, 2.75) is 45.6 Å². The second kappa shape index (κ2) is 9.42. The highest BCUT2D eigenvalue weighted by atomic mass is 32.2. The maximum Gasteiger partial charge on any atom is 0.211 e. The quantitative estimate of drug-likeness (QED) is 0.560. The van der Waals surface area contributed by atoms with E-state index in [1.54, 1.807) is 12.1 Å². The van der Waals surface area contributed by atoms with Crippen LogP contribution in [0.5, 0.6) is 5.75 Å². The average Bonchev–Trinajstić information content (AvgIpc) is 2.77. The van der Waals surface area contributed by atoms with Crippen molar-refractivity contribution < 1.29 is 13.5 Å². The number of fused-ring (bicyclic) bond motifs is 1. The number of phenolic OH excluding ortho intramolecular Hbond substituents is 1. The molecule has 8 heteroatoms. The third kappa shape index (κ3) is 5.02. The lowest BCUT2D eigenvalue weighted by Gasteiger charge is -2.33. The van der Waals surface area contributed by atoms with Gasteiger partial charge in [-0.2, -0.15) is 0 Å². The highest BCUT2D eigenvalue weighted by Crippen LogP contribution is 2.33. The van der Waals surface area contributed by atoms with Crippen molar-refractivity contribution in [3.05, 3.63) is 48.0 Å². The zero-order chi connectivity index (χ0) is 22.7. The minimum atomic E-state index is -3.23. The second-order valence-electron chi connectivity index (χ2n) is 8.46. The van der Waals surface area contributed by atoms with E-state index in [2.05, 4.69) is 9.62 Å². The number of sulfonamides is 1. The molecule has 2 N–H and O–H groups in total. The van der Waals surface area contributed by atoms with E-state index in [0.29, 0.717) is 43.7 Å². The van der Waals surface area contributed by atoms with Crippen LogP contribution in [0.3, 0.4) is 0 Å². The van der Waals surface area contributed by atoms with E-state index in [-0.39, 0.29) is 17.5 Å². The summed E-state index contributed by atoms with van der Waals surface area (Å²) >= 11 is 0. The number of aromatic nitrogens is 2. The molecule has 0 atom stereocenters. The number of rotatable bonds is 7. The molecule has 1 aliphatic rings. The van der Waals surface area contributed by atoms with Gasteiger partial charge in [-0.25, -0.2) is 23.1 Å². The van der Waals surface area contributed by atoms with Gasteiger partial charge in [0.1, 0.15) is 11.6 Å². The van der Waals surface area contributed by atoms with Crippen LogP contribution in [0.1, 0.15) is 38.2 Å². The minimum Gasteiger partial charge on any atom is -0.507 e. The lowest BCUT2D eigenvalue weighted by molar-refractivity contribution is 0.458. The summed E-state index contributed by atoms with van der Waals surface area (Å²) in [4.78, 5) is 11.8. The maximum atomic E-state index is 12.3. The third-order valence-electron chi connectivity index (χ3n) is 5.88. The molecule has 0 spiro atoms. The SMILES string of the molecule is CCCCS(=O)(=O)NC1CCN(c2nc(-c3ccccc3O)nc3cc(C)ccc23)CC1. The molecule has 170 valence electrons. The molecule has 2 heterocycles. The monoisotopic (exact) mass is 454 g/mol. The molecule has 4 rings (SSSR count). The number of aryl methyl sites for hydroxylation is 1. The van der Waals surface area contributed by atoms with Gasteiger partial charge in [0.25, 0.3) is 0 Å². The summed E-state index contributed by atoms with van der Waals surface area (Å²) in [6, 6.07) is 13.1. The number of hydrogen-bond donors (Lipinski definition) is 2. The fourth-order valence-corrected chi connectivity index (χ4v) is 5.63. The highest BCUT2D eigenvalue weighted by Gasteiger charge is 2.25. The van der Waals surface area contributed by atoms with Gasteiger partial charge >= 0.3 is 0 Å². The van der Waals surface area contributed by atoms with Gasteiger partial charge < -0.3 is 10.0 Å². The fraction of sp³-hybridized carbons (Fsp3) is 0.417. The molecule has 1 aliphatic heterocycles. The molecule has 0 amide bonds. The predicted octanol–water partition coefficient (Wildman–Crippen LogP) is 4.00. The van der Waals surface area contributed by atoms with Crippen molar-refractivity contribution in [2.24, 2.45) is 0 Å². The van der Waals surface area contributed by atoms with Crippen molar-refractivity contribution in [2.75, 3.05) is 23.7 Å². The van der Waals surface area contributed by atoms with Gasteiger partial charge in [-0.1, -0.05) is 31.5 Å². The van der Waals surface area contributed by atoms with Crippen LogP contribution in [-0.4, -0.2) is 48.4 Å². The number of benzene rings is 2. The summed E-state index contributed by atoms with van der Waals surface area (Å²) in [6.07, 6.45) is 2.97. The van der Waals surface area contributed by atoms with Gasteiger partial charge in [0.05, 0.1) is 16.8 Å². The average molecular weight is 455 g/mol. The Morgan fingerprint density at radius 3 is 2.59 bits per heavy atom. The Kier molecular flexibility index (Phi) is 6.62. The number of phenols is 1.